The van der Waals surface area contributed by atoms with Gasteiger partial charge in [0.1, 0.15) is 5.75 Å². The second-order valence-corrected chi connectivity index (χ2v) is 4.62. The number of aromatic hydroxyl groups is 1. The highest BCUT2D eigenvalue weighted by atomic mass is 16.3. The minimum atomic E-state index is 0.374. The van der Waals surface area contributed by atoms with Crippen LogP contribution in [-0.2, 0) is 6.42 Å². The maximum Gasteiger partial charge on any atom is 0.115 e. The smallest absolute Gasteiger partial charge is 0.115 e. The van der Waals surface area contributed by atoms with Crippen molar-refractivity contribution in [2.24, 2.45) is 0 Å². The summed E-state index contributed by atoms with van der Waals surface area (Å²) in [7, 11) is 0. The zero-order chi connectivity index (χ0) is 12.5. The zero-order valence-corrected chi connectivity index (χ0v) is 11.1. The van der Waals surface area contributed by atoms with Crippen molar-refractivity contribution in [2.75, 3.05) is 6.54 Å². The van der Waals surface area contributed by atoms with Crippen LogP contribution in [0.15, 0.2) is 24.3 Å². The molecule has 0 fully saturated rings. The summed E-state index contributed by atoms with van der Waals surface area (Å²) in [4.78, 5) is 0. The van der Waals surface area contributed by atoms with Crippen LogP contribution in [0.2, 0.25) is 0 Å². The van der Waals surface area contributed by atoms with Gasteiger partial charge in [-0.05, 0) is 56.3 Å². The number of hydrogen-bond donors (Lipinski definition) is 2. The minimum absolute atomic E-state index is 0.374. The van der Waals surface area contributed by atoms with Crippen LogP contribution in [0.5, 0.6) is 5.75 Å². The molecule has 0 aliphatic carbocycles. The molecule has 0 radical (unpaired) electrons. The summed E-state index contributed by atoms with van der Waals surface area (Å²) in [5, 5.41) is 12.9. The van der Waals surface area contributed by atoms with Gasteiger partial charge < -0.3 is 10.4 Å². The normalized spacial score (nSPS) is 12.6. The lowest BCUT2D eigenvalue weighted by atomic mass is 10.0. The van der Waals surface area contributed by atoms with Gasteiger partial charge in [0.05, 0.1) is 0 Å². The van der Waals surface area contributed by atoms with Crippen molar-refractivity contribution in [1.82, 2.24) is 5.32 Å². The Bertz CT molecular complexity index is 312. The molecule has 0 amide bonds. The summed E-state index contributed by atoms with van der Waals surface area (Å²) in [6.07, 6.45) is 5.84. The van der Waals surface area contributed by atoms with E-state index in [1.165, 1.54) is 31.2 Å². The molecule has 0 bridgehead atoms. The second kappa shape index (κ2) is 8.13. The van der Waals surface area contributed by atoms with Crippen molar-refractivity contribution in [3.05, 3.63) is 29.8 Å². The predicted molar refractivity (Wildman–Crippen MR) is 73.4 cm³/mol. The third kappa shape index (κ3) is 5.73. The SMILES string of the molecule is CCCNC(CC)CCCc1cccc(O)c1. The topological polar surface area (TPSA) is 32.3 Å². The fraction of sp³-hybridized carbons (Fsp3) is 0.600. The summed E-state index contributed by atoms with van der Waals surface area (Å²) >= 11 is 0. The predicted octanol–water partition coefficient (Wildman–Crippen LogP) is 3.49. The van der Waals surface area contributed by atoms with E-state index in [1.54, 1.807) is 6.07 Å². The third-order valence-corrected chi connectivity index (χ3v) is 3.10. The fourth-order valence-corrected chi connectivity index (χ4v) is 2.06. The highest BCUT2D eigenvalue weighted by Gasteiger charge is 2.04. The lowest BCUT2D eigenvalue weighted by molar-refractivity contribution is 0.454. The Kier molecular flexibility index (Phi) is 6.71. The molecule has 0 aliphatic heterocycles. The molecule has 0 aliphatic rings. The second-order valence-electron chi connectivity index (χ2n) is 4.62. The van der Waals surface area contributed by atoms with Crippen molar-refractivity contribution >= 4 is 0 Å². The molecule has 0 saturated heterocycles. The Morgan fingerprint density at radius 3 is 2.76 bits per heavy atom. The van der Waals surface area contributed by atoms with Crippen molar-refractivity contribution in [3.63, 3.8) is 0 Å². The minimum Gasteiger partial charge on any atom is -0.508 e. The molecule has 0 saturated carbocycles. The van der Waals surface area contributed by atoms with E-state index in [0.29, 0.717) is 11.8 Å². The van der Waals surface area contributed by atoms with Crippen LogP contribution in [-0.4, -0.2) is 17.7 Å². The van der Waals surface area contributed by atoms with E-state index in [2.05, 4.69) is 25.2 Å². The number of hydrogen-bond acceptors (Lipinski definition) is 2. The van der Waals surface area contributed by atoms with Crippen molar-refractivity contribution in [2.45, 2.75) is 52.0 Å². The summed E-state index contributed by atoms with van der Waals surface area (Å²) in [6.45, 7) is 5.55. The first-order valence-electron chi connectivity index (χ1n) is 6.77. The summed E-state index contributed by atoms with van der Waals surface area (Å²) in [5.74, 6) is 0.374. The molecule has 0 heterocycles. The third-order valence-electron chi connectivity index (χ3n) is 3.10. The average Bonchev–Trinajstić information content (AvgIpc) is 2.33. The monoisotopic (exact) mass is 235 g/mol. The van der Waals surface area contributed by atoms with Gasteiger partial charge in [0.25, 0.3) is 0 Å². The maximum absolute atomic E-state index is 9.37. The van der Waals surface area contributed by atoms with Gasteiger partial charge in [0, 0.05) is 6.04 Å². The van der Waals surface area contributed by atoms with Gasteiger partial charge in [-0.1, -0.05) is 26.0 Å². The van der Waals surface area contributed by atoms with E-state index in [9.17, 15) is 5.11 Å². The number of benzene rings is 1. The average molecular weight is 235 g/mol. The van der Waals surface area contributed by atoms with E-state index in [4.69, 9.17) is 0 Å². The van der Waals surface area contributed by atoms with Crippen LogP contribution in [0.25, 0.3) is 0 Å². The molecule has 1 aromatic rings. The van der Waals surface area contributed by atoms with Crippen molar-refractivity contribution in [3.8, 4) is 5.75 Å². The lowest BCUT2D eigenvalue weighted by Crippen LogP contribution is -2.29. The van der Waals surface area contributed by atoms with Crippen LogP contribution in [0.3, 0.4) is 0 Å². The van der Waals surface area contributed by atoms with Crippen LogP contribution >= 0.6 is 0 Å². The van der Waals surface area contributed by atoms with Gasteiger partial charge in [0.15, 0.2) is 0 Å². The first-order valence-corrected chi connectivity index (χ1v) is 6.77. The van der Waals surface area contributed by atoms with E-state index in [0.717, 1.165) is 13.0 Å². The van der Waals surface area contributed by atoms with Crippen LogP contribution in [0.4, 0.5) is 0 Å². The molecule has 2 nitrogen and oxygen atoms in total. The molecule has 1 unspecified atom stereocenters. The number of phenols is 1. The maximum atomic E-state index is 9.37. The van der Waals surface area contributed by atoms with Crippen LogP contribution in [0.1, 0.15) is 45.1 Å². The highest BCUT2D eigenvalue weighted by molar-refractivity contribution is 5.27. The van der Waals surface area contributed by atoms with Gasteiger partial charge >= 0.3 is 0 Å². The Morgan fingerprint density at radius 1 is 1.29 bits per heavy atom. The molecule has 96 valence electrons. The Hall–Kier alpha value is -1.02. The molecule has 17 heavy (non-hydrogen) atoms. The molecule has 0 aromatic heterocycles. The van der Waals surface area contributed by atoms with Gasteiger partial charge in [-0.3, -0.25) is 0 Å². The van der Waals surface area contributed by atoms with E-state index < -0.39 is 0 Å². The summed E-state index contributed by atoms with van der Waals surface area (Å²) in [5.41, 5.74) is 1.23. The Balaban J connectivity index is 2.26. The molecule has 1 atom stereocenters. The van der Waals surface area contributed by atoms with E-state index in [1.807, 2.05) is 12.1 Å². The Labute approximate surface area is 105 Å². The largest absolute Gasteiger partial charge is 0.508 e. The molecule has 1 aromatic carbocycles. The van der Waals surface area contributed by atoms with E-state index >= 15 is 0 Å². The first kappa shape index (κ1) is 14.0. The van der Waals surface area contributed by atoms with Gasteiger partial charge in [0.2, 0.25) is 0 Å². The standard InChI is InChI=1S/C15H25NO/c1-3-11-16-14(4-2)9-5-7-13-8-6-10-15(17)12-13/h6,8,10,12,14,16-17H,3-5,7,9,11H2,1-2H3. The number of nitrogens with one attached hydrogen (secondary N) is 1. The van der Waals surface area contributed by atoms with Gasteiger partial charge in [-0.2, -0.15) is 0 Å². The van der Waals surface area contributed by atoms with Crippen LogP contribution in [0, 0.1) is 0 Å². The number of aryl methyl sites for hydroxylation is 1. The summed E-state index contributed by atoms with van der Waals surface area (Å²) in [6, 6.07) is 8.23. The number of rotatable bonds is 8. The highest BCUT2D eigenvalue weighted by Crippen LogP contribution is 2.14. The van der Waals surface area contributed by atoms with Gasteiger partial charge in [-0.15, -0.1) is 0 Å². The number of phenolic OH excluding ortho intramolecular Hbond substituents is 1. The first-order chi connectivity index (χ1) is 8.26. The lowest BCUT2D eigenvalue weighted by Gasteiger charge is -2.16. The molecule has 1 rings (SSSR count). The molecule has 2 N–H and O–H groups in total. The molecular weight excluding hydrogens is 210 g/mol. The van der Waals surface area contributed by atoms with E-state index in [-0.39, 0.29) is 0 Å². The summed E-state index contributed by atoms with van der Waals surface area (Å²) < 4.78 is 0. The van der Waals surface area contributed by atoms with Gasteiger partial charge in [-0.25, -0.2) is 0 Å². The molecule has 2 heteroatoms. The molecular formula is C15H25NO. The van der Waals surface area contributed by atoms with Crippen molar-refractivity contribution < 1.29 is 5.11 Å². The molecule has 0 spiro atoms. The fourth-order valence-electron chi connectivity index (χ4n) is 2.06. The Morgan fingerprint density at radius 2 is 2.12 bits per heavy atom. The zero-order valence-electron chi connectivity index (χ0n) is 11.1. The van der Waals surface area contributed by atoms with Crippen molar-refractivity contribution in [1.29, 1.82) is 0 Å². The quantitative estimate of drug-likeness (QED) is 0.723. The van der Waals surface area contributed by atoms with Crippen LogP contribution < -0.4 is 5.32 Å².